The van der Waals surface area contributed by atoms with Crippen LogP contribution in [0.4, 0.5) is 0 Å². The lowest BCUT2D eigenvalue weighted by molar-refractivity contribution is 0.124. The van der Waals surface area contributed by atoms with Crippen LogP contribution in [0.15, 0.2) is 12.2 Å². The van der Waals surface area contributed by atoms with Gasteiger partial charge >= 0.3 is 0 Å². The van der Waals surface area contributed by atoms with E-state index in [1.165, 1.54) is 0 Å². The van der Waals surface area contributed by atoms with Crippen molar-refractivity contribution in [2.24, 2.45) is 11.3 Å². The van der Waals surface area contributed by atoms with Crippen molar-refractivity contribution in [3.63, 3.8) is 0 Å². The molecule has 0 aromatic carbocycles. The van der Waals surface area contributed by atoms with Crippen LogP contribution in [0.25, 0.3) is 0 Å². The second-order valence-electron chi connectivity index (χ2n) is 4.53. The molecule has 0 saturated heterocycles. The highest BCUT2D eigenvalue weighted by Crippen LogP contribution is 2.34. The maximum Gasteiger partial charge on any atom is 0.0723 e. The van der Waals surface area contributed by atoms with Crippen molar-refractivity contribution in [3.8, 4) is 0 Å². The standard InChI is InChI=1S/C10H18O/c1-10(2,3)8-5-4-6-9(11)7-8/h4,6,8-9,11H,5,7H2,1-3H3/t8-,9+/m0/s1. The highest BCUT2D eigenvalue weighted by atomic mass is 16.3. The molecule has 0 aromatic rings. The molecule has 0 bridgehead atoms. The predicted molar refractivity (Wildman–Crippen MR) is 47.3 cm³/mol. The minimum absolute atomic E-state index is 0.201. The summed E-state index contributed by atoms with van der Waals surface area (Å²) in [5, 5.41) is 9.36. The van der Waals surface area contributed by atoms with Gasteiger partial charge in [0.1, 0.15) is 0 Å². The lowest BCUT2D eigenvalue weighted by Gasteiger charge is -2.33. The number of allylic oxidation sites excluding steroid dienone is 1. The monoisotopic (exact) mass is 154 g/mol. The summed E-state index contributed by atoms with van der Waals surface area (Å²) in [5.41, 5.74) is 0.339. The average molecular weight is 154 g/mol. The van der Waals surface area contributed by atoms with E-state index in [-0.39, 0.29) is 6.10 Å². The van der Waals surface area contributed by atoms with Crippen LogP contribution in [0.3, 0.4) is 0 Å². The summed E-state index contributed by atoms with van der Waals surface area (Å²) in [6.45, 7) is 6.72. The molecule has 1 aliphatic rings. The van der Waals surface area contributed by atoms with Crippen molar-refractivity contribution in [3.05, 3.63) is 12.2 Å². The first-order chi connectivity index (χ1) is 5.00. The first-order valence-corrected chi connectivity index (χ1v) is 4.35. The molecule has 0 aromatic heterocycles. The second-order valence-corrected chi connectivity index (χ2v) is 4.53. The van der Waals surface area contributed by atoms with Gasteiger partial charge in [-0.25, -0.2) is 0 Å². The third kappa shape index (κ3) is 2.33. The maximum absolute atomic E-state index is 9.36. The molecule has 0 spiro atoms. The molecule has 0 radical (unpaired) electrons. The van der Waals surface area contributed by atoms with Gasteiger partial charge in [-0.05, 0) is 24.2 Å². The van der Waals surface area contributed by atoms with E-state index in [1.807, 2.05) is 6.08 Å². The Morgan fingerprint density at radius 3 is 2.36 bits per heavy atom. The van der Waals surface area contributed by atoms with Crippen molar-refractivity contribution >= 4 is 0 Å². The minimum Gasteiger partial charge on any atom is -0.389 e. The molecule has 2 atom stereocenters. The Balaban J connectivity index is 2.57. The normalized spacial score (nSPS) is 32.4. The molecule has 64 valence electrons. The number of aliphatic hydroxyl groups excluding tert-OH is 1. The van der Waals surface area contributed by atoms with Crippen molar-refractivity contribution in [2.45, 2.75) is 39.7 Å². The van der Waals surface area contributed by atoms with Gasteiger partial charge < -0.3 is 5.11 Å². The van der Waals surface area contributed by atoms with Gasteiger partial charge in [0.15, 0.2) is 0 Å². The Morgan fingerprint density at radius 2 is 2.00 bits per heavy atom. The van der Waals surface area contributed by atoms with Crippen LogP contribution in [0, 0.1) is 11.3 Å². The fourth-order valence-corrected chi connectivity index (χ4v) is 1.57. The highest BCUT2D eigenvalue weighted by Gasteiger charge is 2.27. The third-order valence-corrected chi connectivity index (χ3v) is 2.53. The lowest BCUT2D eigenvalue weighted by atomic mass is 9.74. The zero-order chi connectivity index (χ0) is 8.48. The Bertz CT molecular complexity index is 153. The number of aliphatic hydroxyl groups is 1. The summed E-state index contributed by atoms with van der Waals surface area (Å²) >= 11 is 0. The first-order valence-electron chi connectivity index (χ1n) is 4.35. The Kier molecular flexibility index (Phi) is 2.38. The van der Waals surface area contributed by atoms with Crippen LogP contribution in [0.2, 0.25) is 0 Å². The van der Waals surface area contributed by atoms with Gasteiger partial charge in [0.2, 0.25) is 0 Å². The zero-order valence-electron chi connectivity index (χ0n) is 7.67. The van der Waals surface area contributed by atoms with Crippen LogP contribution in [0.1, 0.15) is 33.6 Å². The van der Waals surface area contributed by atoms with Gasteiger partial charge in [-0.2, -0.15) is 0 Å². The minimum atomic E-state index is -0.201. The molecule has 0 saturated carbocycles. The molecule has 1 N–H and O–H groups in total. The van der Waals surface area contributed by atoms with E-state index in [2.05, 4.69) is 26.8 Å². The van der Waals surface area contributed by atoms with E-state index in [0.717, 1.165) is 12.8 Å². The summed E-state index contributed by atoms with van der Waals surface area (Å²) in [6, 6.07) is 0. The average Bonchev–Trinajstić information content (AvgIpc) is 1.86. The summed E-state index contributed by atoms with van der Waals surface area (Å²) < 4.78 is 0. The lowest BCUT2D eigenvalue weighted by Crippen LogP contribution is -2.26. The first kappa shape index (κ1) is 8.79. The molecule has 11 heavy (non-hydrogen) atoms. The summed E-state index contributed by atoms with van der Waals surface area (Å²) in [4.78, 5) is 0. The van der Waals surface area contributed by atoms with Crippen LogP contribution < -0.4 is 0 Å². The van der Waals surface area contributed by atoms with Crippen LogP contribution >= 0.6 is 0 Å². The van der Waals surface area contributed by atoms with E-state index >= 15 is 0 Å². The Labute approximate surface area is 69.1 Å². The maximum atomic E-state index is 9.36. The van der Waals surface area contributed by atoms with Crippen LogP contribution in [-0.2, 0) is 0 Å². The van der Waals surface area contributed by atoms with E-state index in [9.17, 15) is 5.11 Å². The smallest absolute Gasteiger partial charge is 0.0723 e. The van der Waals surface area contributed by atoms with Gasteiger partial charge in [0, 0.05) is 0 Å². The van der Waals surface area contributed by atoms with Crippen molar-refractivity contribution in [1.82, 2.24) is 0 Å². The van der Waals surface area contributed by atoms with E-state index in [4.69, 9.17) is 0 Å². The predicted octanol–water partition coefficient (Wildman–Crippen LogP) is 2.36. The van der Waals surface area contributed by atoms with Gasteiger partial charge in [0.25, 0.3) is 0 Å². The topological polar surface area (TPSA) is 20.2 Å². The van der Waals surface area contributed by atoms with Gasteiger partial charge in [-0.15, -0.1) is 0 Å². The molecular weight excluding hydrogens is 136 g/mol. The van der Waals surface area contributed by atoms with E-state index < -0.39 is 0 Å². The quantitative estimate of drug-likeness (QED) is 0.531. The van der Waals surface area contributed by atoms with Gasteiger partial charge in [0.05, 0.1) is 6.10 Å². The summed E-state index contributed by atoms with van der Waals surface area (Å²) in [5.74, 6) is 0.641. The van der Waals surface area contributed by atoms with Crippen LogP contribution in [0.5, 0.6) is 0 Å². The molecule has 0 heterocycles. The summed E-state index contributed by atoms with van der Waals surface area (Å²) in [6.07, 6.45) is 5.86. The van der Waals surface area contributed by atoms with Crippen molar-refractivity contribution in [1.29, 1.82) is 0 Å². The molecule has 1 nitrogen and oxygen atoms in total. The van der Waals surface area contributed by atoms with E-state index in [0.29, 0.717) is 11.3 Å². The number of hydrogen-bond donors (Lipinski definition) is 1. The highest BCUT2D eigenvalue weighted by molar-refractivity contribution is 4.98. The fraction of sp³-hybridized carbons (Fsp3) is 0.800. The SMILES string of the molecule is CC(C)(C)[C@H]1CC=C[C@@H](O)C1. The number of hydrogen-bond acceptors (Lipinski definition) is 1. The third-order valence-electron chi connectivity index (χ3n) is 2.53. The molecule has 1 aliphatic carbocycles. The molecule has 0 aliphatic heterocycles. The Morgan fingerprint density at radius 1 is 1.36 bits per heavy atom. The molecule has 0 amide bonds. The fourth-order valence-electron chi connectivity index (χ4n) is 1.57. The number of rotatable bonds is 0. The van der Waals surface area contributed by atoms with Crippen molar-refractivity contribution < 1.29 is 5.11 Å². The zero-order valence-corrected chi connectivity index (χ0v) is 7.67. The Hall–Kier alpha value is -0.300. The van der Waals surface area contributed by atoms with Gasteiger partial charge in [-0.3, -0.25) is 0 Å². The van der Waals surface area contributed by atoms with E-state index in [1.54, 1.807) is 0 Å². The molecule has 1 rings (SSSR count). The van der Waals surface area contributed by atoms with Crippen LogP contribution in [-0.4, -0.2) is 11.2 Å². The molecule has 1 heteroatoms. The van der Waals surface area contributed by atoms with Crippen molar-refractivity contribution in [2.75, 3.05) is 0 Å². The molecular formula is C10H18O. The molecule has 0 fully saturated rings. The molecule has 0 unspecified atom stereocenters. The largest absolute Gasteiger partial charge is 0.389 e. The summed E-state index contributed by atoms with van der Waals surface area (Å²) in [7, 11) is 0. The van der Waals surface area contributed by atoms with Gasteiger partial charge in [-0.1, -0.05) is 32.9 Å². The second kappa shape index (κ2) is 2.98.